The third kappa shape index (κ3) is 2.61. The third-order valence-electron chi connectivity index (χ3n) is 2.79. The highest BCUT2D eigenvalue weighted by molar-refractivity contribution is 6.33. The van der Waals surface area contributed by atoms with Gasteiger partial charge in [-0.2, -0.15) is 10.2 Å². The first-order chi connectivity index (χ1) is 10.0. The van der Waals surface area contributed by atoms with Gasteiger partial charge in [-0.3, -0.25) is 0 Å². The summed E-state index contributed by atoms with van der Waals surface area (Å²) < 4.78 is 10.4. The molecule has 0 aliphatic rings. The van der Waals surface area contributed by atoms with Crippen LogP contribution in [0.4, 0.5) is 11.8 Å². The third-order valence-corrected chi connectivity index (χ3v) is 3.11. The highest BCUT2D eigenvalue weighted by Crippen LogP contribution is 2.39. The lowest BCUT2D eigenvalue weighted by Crippen LogP contribution is -2.05. The minimum absolute atomic E-state index is 0.00847. The molecule has 0 aliphatic heterocycles. The van der Waals surface area contributed by atoms with Gasteiger partial charge in [0.05, 0.1) is 24.9 Å². The van der Waals surface area contributed by atoms with Crippen LogP contribution in [-0.2, 0) is 0 Å². The van der Waals surface area contributed by atoms with Crippen molar-refractivity contribution in [3.05, 3.63) is 22.7 Å². The Kier molecular flexibility index (Phi) is 4.00. The highest BCUT2D eigenvalue weighted by atomic mass is 35.5. The predicted octanol–water partition coefficient (Wildman–Crippen LogP) is 1.85. The van der Waals surface area contributed by atoms with Gasteiger partial charge in [-0.25, -0.2) is 4.98 Å². The number of hydrogen-bond donors (Lipinski definition) is 2. The summed E-state index contributed by atoms with van der Waals surface area (Å²) in [6.45, 7) is 0. The molecule has 21 heavy (non-hydrogen) atoms. The van der Waals surface area contributed by atoms with Crippen molar-refractivity contribution in [2.45, 2.75) is 0 Å². The van der Waals surface area contributed by atoms with Crippen LogP contribution in [0.25, 0.3) is 11.3 Å². The Morgan fingerprint density at radius 2 is 1.76 bits per heavy atom. The fraction of sp³-hybridized carbons (Fsp3) is 0.154. The molecule has 2 rings (SSSR count). The maximum atomic E-state index is 9.22. The summed E-state index contributed by atoms with van der Waals surface area (Å²) in [6, 6.07) is 5.11. The molecule has 0 bridgehead atoms. The van der Waals surface area contributed by atoms with Crippen molar-refractivity contribution in [2.75, 3.05) is 25.7 Å². The number of hydrogen-bond acceptors (Lipinski definition) is 7. The summed E-state index contributed by atoms with van der Waals surface area (Å²) in [5.74, 6) is 0.842. The average Bonchev–Trinajstić information content (AvgIpc) is 2.46. The maximum absolute atomic E-state index is 9.22. The lowest BCUT2D eigenvalue weighted by molar-refractivity contribution is 0.355. The van der Waals surface area contributed by atoms with E-state index in [1.165, 1.54) is 14.2 Å². The maximum Gasteiger partial charge on any atom is 0.222 e. The molecule has 0 spiro atoms. The van der Waals surface area contributed by atoms with Crippen molar-refractivity contribution in [2.24, 2.45) is 0 Å². The number of aromatic nitrogens is 2. The monoisotopic (exact) mass is 305 g/mol. The molecule has 0 saturated heterocycles. The first-order valence-corrected chi connectivity index (χ1v) is 6.14. The van der Waals surface area contributed by atoms with E-state index in [9.17, 15) is 5.26 Å². The Bertz CT molecular complexity index is 742. The normalized spacial score (nSPS) is 10.0. The van der Waals surface area contributed by atoms with Crippen molar-refractivity contribution in [3.8, 4) is 28.8 Å². The molecule has 0 saturated carbocycles. The Morgan fingerprint density at radius 1 is 1.14 bits per heavy atom. The molecule has 8 heteroatoms. The number of methoxy groups -OCH3 is 2. The SMILES string of the molecule is COc1cc(Cl)c(-c2nc(N)nc(N)c2C#N)cc1OC. The van der Waals surface area contributed by atoms with E-state index in [1.807, 2.05) is 6.07 Å². The van der Waals surface area contributed by atoms with Crippen LogP contribution in [-0.4, -0.2) is 24.2 Å². The highest BCUT2D eigenvalue weighted by Gasteiger charge is 2.18. The lowest BCUT2D eigenvalue weighted by Gasteiger charge is -2.13. The summed E-state index contributed by atoms with van der Waals surface area (Å²) in [6.07, 6.45) is 0. The van der Waals surface area contributed by atoms with Crippen LogP contribution in [0.3, 0.4) is 0 Å². The number of nitrogens with two attached hydrogens (primary N) is 2. The molecule has 2 aromatic rings. The Labute approximate surface area is 126 Å². The molecule has 0 fully saturated rings. The largest absolute Gasteiger partial charge is 0.493 e. The predicted molar refractivity (Wildman–Crippen MR) is 79.1 cm³/mol. The van der Waals surface area contributed by atoms with Crippen molar-refractivity contribution in [3.63, 3.8) is 0 Å². The molecule has 0 radical (unpaired) electrons. The molecule has 4 N–H and O–H groups in total. The van der Waals surface area contributed by atoms with E-state index in [0.29, 0.717) is 22.1 Å². The van der Waals surface area contributed by atoms with E-state index in [2.05, 4.69) is 9.97 Å². The van der Waals surface area contributed by atoms with Gasteiger partial charge in [0.2, 0.25) is 5.95 Å². The van der Waals surface area contributed by atoms with Crippen LogP contribution >= 0.6 is 11.6 Å². The van der Waals surface area contributed by atoms with Crippen molar-refractivity contribution >= 4 is 23.4 Å². The van der Waals surface area contributed by atoms with Gasteiger partial charge < -0.3 is 20.9 Å². The summed E-state index contributed by atoms with van der Waals surface area (Å²) >= 11 is 6.22. The lowest BCUT2D eigenvalue weighted by atomic mass is 10.1. The zero-order valence-corrected chi connectivity index (χ0v) is 12.1. The zero-order valence-electron chi connectivity index (χ0n) is 11.3. The first-order valence-electron chi connectivity index (χ1n) is 5.76. The van der Waals surface area contributed by atoms with Gasteiger partial charge in [0.15, 0.2) is 11.5 Å². The molecule has 1 heterocycles. The van der Waals surface area contributed by atoms with Gasteiger partial charge in [0.25, 0.3) is 0 Å². The zero-order chi connectivity index (χ0) is 15.6. The number of nitrogen functional groups attached to an aromatic ring is 2. The number of anilines is 2. The topological polar surface area (TPSA) is 120 Å². The Morgan fingerprint density at radius 3 is 2.33 bits per heavy atom. The van der Waals surface area contributed by atoms with Crippen molar-refractivity contribution in [1.82, 2.24) is 9.97 Å². The van der Waals surface area contributed by atoms with Crippen molar-refractivity contribution < 1.29 is 9.47 Å². The van der Waals surface area contributed by atoms with E-state index in [0.717, 1.165) is 0 Å². The fourth-order valence-corrected chi connectivity index (χ4v) is 2.08. The van der Waals surface area contributed by atoms with Gasteiger partial charge in [0, 0.05) is 11.6 Å². The quantitative estimate of drug-likeness (QED) is 0.887. The van der Waals surface area contributed by atoms with E-state index < -0.39 is 0 Å². The average molecular weight is 306 g/mol. The first kappa shape index (κ1) is 14.7. The minimum Gasteiger partial charge on any atom is -0.493 e. The molecule has 7 nitrogen and oxygen atoms in total. The van der Waals surface area contributed by atoms with Crippen LogP contribution in [0.1, 0.15) is 5.56 Å². The van der Waals surface area contributed by atoms with Gasteiger partial charge in [-0.05, 0) is 6.07 Å². The fourth-order valence-electron chi connectivity index (χ4n) is 1.84. The molecule has 108 valence electrons. The number of ether oxygens (including phenoxy) is 2. The molecular formula is C13H12ClN5O2. The molecule has 1 aromatic heterocycles. The Hall–Kier alpha value is -2.72. The molecule has 1 aromatic carbocycles. The number of nitrogens with zero attached hydrogens (tertiary/aromatic N) is 3. The minimum atomic E-state index is -0.0487. The molecule has 0 atom stereocenters. The summed E-state index contributed by atoms with van der Waals surface area (Å²) in [5.41, 5.74) is 12.1. The standard InChI is InChI=1S/C13H12ClN5O2/c1-20-9-3-6(8(14)4-10(9)21-2)11-7(5-15)12(16)19-13(17)18-11/h3-4H,1-2H3,(H4,16,17,18,19). The van der Waals surface area contributed by atoms with E-state index in [4.69, 9.17) is 32.5 Å². The second-order valence-electron chi connectivity index (χ2n) is 3.99. The van der Waals surface area contributed by atoms with Crippen LogP contribution in [0.15, 0.2) is 12.1 Å². The Balaban J connectivity index is 2.76. The van der Waals surface area contributed by atoms with E-state index >= 15 is 0 Å². The molecule has 0 amide bonds. The van der Waals surface area contributed by atoms with Gasteiger partial charge >= 0.3 is 0 Å². The van der Waals surface area contributed by atoms with E-state index in [1.54, 1.807) is 12.1 Å². The number of rotatable bonds is 3. The molecule has 0 aliphatic carbocycles. The summed E-state index contributed by atoms with van der Waals surface area (Å²) in [7, 11) is 2.98. The van der Waals surface area contributed by atoms with E-state index in [-0.39, 0.29) is 23.0 Å². The smallest absolute Gasteiger partial charge is 0.222 e. The molecule has 0 unspecified atom stereocenters. The number of nitriles is 1. The second kappa shape index (κ2) is 5.73. The van der Waals surface area contributed by atoms with Crippen LogP contribution in [0.5, 0.6) is 11.5 Å². The van der Waals surface area contributed by atoms with Crippen LogP contribution in [0, 0.1) is 11.3 Å². The second-order valence-corrected chi connectivity index (χ2v) is 4.40. The number of benzene rings is 1. The summed E-state index contributed by atoms with van der Waals surface area (Å²) in [4.78, 5) is 7.81. The van der Waals surface area contributed by atoms with Crippen LogP contribution in [0.2, 0.25) is 5.02 Å². The molecular weight excluding hydrogens is 294 g/mol. The van der Waals surface area contributed by atoms with Crippen molar-refractivity contribution in [1.29, 1.82) is 5.26 Å². The van der Waals surface area contributed by atoms with Gasteiger partial charge in [-0.1, -0.05) is 11.6 Å². The van der Waals surface area contributed by atoms with Crippen LogP contribution < -0.4 is 20.9 Å². The van der Waals surface area contributed by atoms with Gasteiger partial charge in [-0.15, -0.1) is 0 Å². The van der Waals surface area contributed by atoms with Gasteiger partial charge in [0.1, 0.15) is 17.5 Å². The summed E-state index contributed by atoms with van der Waals surface area (Å²) in [5, 5.41) is 9.54. The number of halogens is 1.